The lowest BCUT2D eigenvalue weighted by atomic mass is 10.2. The van der Waals surface area contributed by atoms with Gasteiger partial charge < -0.3 is 5.73 Å². The molecule has 2 N–H and O–H groups in total. The van der Waals surface area contributed by atoms with E-state index in [0.717, 1.165) is 0 Å². The molecule has 0 aromatic carbocycles. The van der Waals surface area contributed by atoms with Crippen molar-refractivity contribution in [2.45, 2.75) is 24.8 Å². The van der Waals surface area contributed by atoms with Gasteiger partial charge >= 0.3 is 0 Å². The van der Waals surface area contributed by atoms with Crippen LogP contribution in [-0.2, 0) is 0 Å². The predicted octanol–water partition coefficient (Wildman–Crippen LogP) is 0.989. The van der Waals surface area contributed by atoms with Crippen LogP contribution in [0.2, 0.25) is 0 Å². The first-order valence-corrected chi connectivity index (χ1v) is 3.25. The lowest BCUT2D eigenvalue weighted by molar-refractivity contribution is 0.0699. The number of alkyl halides is 2. The smallest absolute Gasteiger partial charge is 0.254 e. The van der Waals surface area contributed by atoms with Crippen LogP contribution in [-0.4, -0.2) is 12.0 Å². The lowest BCUT2D eigenvalue weighted by Crippen LogP contribution is -2.21. The highest BCUT2D eigenvalue weighted by Gasteiger charge is 2.70. The van der Waals surface area contributed by atoms with Gasteiger partial charge in [-0.05, 0) is 12.8 Å². The van der Waals surface area contributed by atoms with Gasteiger partial charge in [-0.3, -0.25) is 0 Å². The Morgan fingerprint density at radius 1 is 1.22 bits per heavy atom. The molecule has 0 saturated heterocycles. The van der Waals surface area contributed by atoms with E-state index in [2.05, 4.69) is 0 Å². The molecule has 0 spiro atoms. The zero-order chi connectivity index (χ0) is 6.65. The van der Waals surface area contributed by atoms with Gasteiger partial charge in [-0.25, -0.2) is 8.78 Å². The minimum atomic E-state index is -2.34. The third-order valence-corrected chi connectivity index (χ3v) is 2.48. The normalized spacial score (nSPS) is 53.0. The van der Waals surface area contributed by atoms with Gasteiger partial charge in [-0.2, -0.15) is 0 Å². The Labute approximate surface area is 52.2 Å². The van der Waals surface area contributed by atoms with Gasteiger partial charge in [0.2, 0.25) is 0 Å². The van der Waals surface area contributed by atoms with Crippen molar-refractivity contribution in [2.75, 3.05) is 0 Å². The molecule has 0 heterocycles. The van der Waals surface area contributed by atoms with Crippen LogP contribution in [0, 0.1) is 11.8 Å². The highest BCUT2D eigenvalue weighted by molar-refractivity contribution is 5.12. The van der Waals surface area contributed by atoms with Crippen molar-refractivity contribution in [2.24, 2.45) is 17.6 Å². The van der Waals surface area contributed by atoms with Crippen molar-refractivity contribution in [1.82, 2.24) is 0 Å². The monoisotopic (exact) mass is 133 g/mol. The number of nitrogens with two attached hydrogens (primary N) is 1. The van der Waals surface area contributed by atoms with Gasteiger partial charge in [0.15, 0.2) is 0 Å². The molecule has 2 atom stereocenters. The second-order valence-corrected chi connectivity index (χ2v) is 3.12. The summed E-state index contributed by atoms with van der Waals surface area (Å²) < 4.78 is 24.7. The molecule has 0 radical (unpaired) electrons. The second kappa shape index (κ2) is 1.29. The fourth-order valence-electron chi connectivity index (χ4n) is 1.85. The summed E-state index contributed by atoms with van der Waals surface area (Å²) in [7, 11) is 0. The summed E-state index contributed by atoms with van der Waals surface area (Å²) in [6.07, 6.45) is 1.08. The van der Waals surface area contributed by atoms with E-state index in [9.17, 15) is 8.78 Å². The fourth-order valence-corrected chi connectivity index (χ4v) is 1.85. The van der Waals surface area contributed by atoms with Gasteiger partial charge in [0.25, 0.3) is 5.92 Å². The molecule has 0 bridgehead atoms. The average molecular weight is 133 g/mol. The molecular weight excluding hydrogens is 124 g/mol. The van der Waals surface area contributed by atoms with E-state index in [0.29, 0.717) is 12.8 Å². The molecule has 2 rings (SSSR count). The topological polar surface area (TPSA) is 26.0 Å². The van der Waals surface area contributed by atoms with Crippen LogP contribution in [0.15, 0.2) is 0 Å². The Kier molecular flexibility index (Phi) is 0.799. The maximum Gasteiger partial charge on any atom is 0.254 e. The summed E-state index contributed by atoms with van der Waals surface area (Å²) in [6.45, 7) is 0. The molecule has 0 aliphatic heterocycles. The van der Waals surface area contributed by atoms with Gasteiger partial charge in [0.1, 0.15) is 0 Å². The Balaban J connectivity index is 2.06. The van der Waals surface area contributed by atoms with Crippen molar-refractivity contribution in [3.8, 4) is 0 Å². The van der Waals surface area contributed by atoms with Gasteiger partial charge in [0.05, 0.1) is 0 Å². The van der Waals surface area contributed by atoms with Crippen LogP contribution in [0.1, 0.15) is 12.8 Å². The Hall–Kier alpha value is -0.180. The van der Waals surface area contributed by atoms with Gasteiger partial charge in [-0.1, -0.05) is 0 Å². The van der Waals surface area contributed by atoms with E-state index in [4.69, 9.17) is 5.73 Å². The molecule has 2 aliphatic rings. The molecule has 0 amide bonds. The van der Waals surface area contributed by atoms with Crippen LogP contribution in [0.25, 0.3) is 0 Å². The first-order valence-electron chi connectivity index (χ1n) is 3.25. The van der Waals surface area contributed by atoms with Crippen LogP contribution < -0.4 is 5.73 Å². The lowest BCUT2D eigenvalue weighted by Gasteiger charge is -2.06. The van der Waals surface area contributed by atoms with E-state index >= 15 is 0 Å². The van der Waals surface area contributed by atoms with Crippen LogP contribution in [0.4, 0.5) is 8.78 Å². The van der Waals surface area contributed by atoms with Gasteiger partial charge in [0, 0.05) is 17.9 Å². The highest BCUT2D eigenvalue weighted by atomic mass is 19.3. The first kappa shape index (κ1) is 5.59. The Morgan fingerprint density at radius 2 is 1.67 bits per heavy atom. The Morgan fingerprint density at radius 3 is 2.00 bits per heavy atom. The SMILES string of the molecule is NC1CC2C(C1)C2(F)F. The predicted molar refractivity (Wildman–Crippen MR) is 29.1 cm³/mol. The maximum absolute atomic E-state index is 12.4. The maximum atomic E-state index is 12.4. The minimum Gasteiger partial charge on any atom is -0.328 e. The standard InChI is InChI=1S/C6H9F2N/c7-6(8)4-1-3(9)2-5(4)6/h3-5H,1-2,9H2. The number of hydrogen-bond donors (Lipinski definition) is 1. The molecule has 3 heteroatoms. The molecule has 1 nitrogen and oxygen atoms in total. The van der Waals surface area contributed by atoms with Crippen molar-refractivity contribution in [1.29, 1.82) is 0 Å². The molecular formula is C6H9F2N. The first-order chi connectivity index (χ1) is 4.12. The van der Waals surface area contributed by atoms with Crippen LogP contribution in [0.3, 0.4) is 0 Å². The third-order valence-electron chi connectivity index (χ3n) is 2.48. The second-order valence-electron chi connectivity index (χ2n) is 3.12. The largest absolute Gasteiger partial charge is 0.328 e. The van der Waals surface area contributed by atoms with Crippen LogP contribution >= 0.6 is 0 Å². The molecule has 0 aromatic rings. The summed E-state index contributed by atoms with van der Waals surface area (Å²) in [5.41, 5.74) is 5.44. The van der Waals surface area contributed by atoms with Crippen molar-refractivity contribution in [3.05, 3.63) is 0 Å². The molecule has 2 saturated carbocycles. The van der Waals surface area contributed by atoms with Crippen molar-refractivity contribution < 1.29 is 8.78 Å². The summed E-state index contributed by atoms with van der Waals surface area (Å²) in [5.74, 6) is -3.05. The number of hydrogen-bond acceptors (Lipinski definition) is 1. The van der Waals surface area contributed by atoms with E-state index in [1.165, 1.54) is 0 Å². The molecule has 9 heavy (non-hydrogen) atoms. The van der Waals surface area contributed by atoms with Crippen LogP contribution in [0.5, 0.6) is 0 Å². The minimum absolute atomic E-state index is 0.0552. The number of fused-ring (bicyclic) bond motifs is 1. The van der Waals surface area contributed by atoms with E-state index in [1.807, 2.05) is 0 Å². The fraction of sp³-hybridized carbons (Fsp3) is 1.00. The number of halogens is 2. The molecule has 0 aromatic heterocycles. The summed E-state index contributed by atoms with van der Waals surface area (Å²) in [5, 5.41) is 0. The zero-order valence-corrected chi connectivity index (χ0v) is 4.98. The highest BCUT2D eigenvalue weighted by Crippen LogP contribution is 2.63. The quantitative estimate of drug-likeness (QED) is 0.524. The molecule has 2 unspecified atom stereocenters. The van der Waals surface area contributed by atoms with E-state index < -0.39 is 5.92 Å². The Bertz CT molecular complexity index is 132. The van der Waals surface area contributed by atoms with Crippen molar-refractivity contribution in [3.63, 3.8) is 0 Å². The summed E-state index contributed by atoms with van der Waals surface area (Å²) in [4.78, 5) is 0. The summed E-state index contributed by atoms with van der Waals surface area (Å²) >= 11 is 0. The zero-order valence-electron chi connectivity index (χ0n) is 4.98. The van der Waals surface area contributed by atoms with E-state index in [-0.39, 0.29) is 17.9 Å². The van der Waals surface area contributed by atoms with Gasteiger partial charge in [-0.15, -0.1) is 0 Å². The molecule has 2 aliphatic carbocycles. The van der Waals surface area contributed by atoms with Crippen molar-refractivity contribution >= 4 is 0 Å². The summed E-state index contributed by atoms with van der Waals surface area (Å²) in [6, 6.07) is 0.0552. The third kappa shape index (κ3) is 0.556. The van der Waals surface area contributed by atoms with E-state index in [1.54, 1.807) is 0 Å². The molecule has 2 fully saturated rings. The molecule has 52 valence electrons. The average Bonchev–Trinajstić information content (AvgIpc) is 2.27. The number of rotatable bonds is 0.